The van der Waals surface area contributed by atoms with Crippen LogP contribution in [-0.2, 0) is 28.5 Å². The van der Waals surface area contributed by atoms with E-state index in [0.29, 0.717) is 25.9 Å². The SMILES string of the molecule is C=CC(=O)OCCN(CCCCN(CCOC(=O)C=C)C(=O)OCC)C(=O)OCC. The van der Waals surface area contributed by atoms with Crippen molar-refractivity contribution in [2.24, 2.45) is 0 Å². The summed E-state index contributed by atoms with van der Waals surface area (Å²) in [4.78, 5) is 49.2. The Morgan fingerprint density at radius 1 is 0.667 bits per heavy atom. The van der Waals surface area contributed by atoms with Gasteiger partial charge in [-0.05, 0) is 26.7 Å². The molecule has 0 saturated carbocycles. The molecule has 0 fully saturated rings. The van der Waals surface area contributed by atoms with Crippen LogP contribution >= 0.6 is 0 Å². The molecule has 0 heterocycles. The van der Waals surface area contributed by atoms with Gasteiger partial charge in [0.1, 0.15) is 13.2 Å². The fraction of sp³-hybridized carbons (Fsp3) is 0.600. The summed E-state index contributed by atoms with van der Waals surface area (Å²) in [7, 11) is 0. The second kappa shape index (κ2) is 16.9. The van der Waals surface area contributed by atoms with Crippen LogP contribution in [0.2, 0.25) is 0 Å². The standard InChI is InChI=1S/C20H32N2O8/c1-5-17(23)29-15-13-21(19(25)27-7-3)11-9-10-12-22(20(26)28-8-4)14-16-30-18(24)6-2/h5-6H,1-2,7-16H2,3-4H3. The number of rotatable bonds is 15. The Bertz CT molecular complexity index is 529. The Labute approximate surface area is 177 Å². The molecule has 0 aromatic carbocycles. The molecule has 10 nitrogen and oxygen atoms in total. The van der Waals surface area contributed by atoms with Crippen molar-refractivity contribution in [3.05, 3.63) is 25.3 Å². The third kappa shape index (κ3) is 12.4. The van der Waals surface area contributed by atoms with Crippen LogP contribution < -0.4 is 0 Å². The Hall–Kier alpha value is -3.04. The third-order valence-corrected chi connectivity index (χ3v) is 3.70. The lowest BCUT2D eigenvalue weighted by molar-refractivity contribution is -0.139. The van der Waals surface area contributed by atoms with Gasteiger partial charge < -0.3 is 28.7 Å². The summed E-state index contributed by atoms with van der Waals surface area (Å²) >= 11 is 0. The maximum atomic E-state index is 12.0. The minimum absolute atomic E-state index is 0.0211. The fourth-order valence-electron chi connectivity index (χ4n) is 2.25. The summed E-state index contributed by atoms with van der Waals surface area (Å²) in [5, 5.41) is 0. The van der Waals surface area contributed by atoms with Crippen LogP contribution in [0.4, 0.5) is 9.59 Å². The summed E-state index contributed by atoms with van der Waals surface area (Å²) in [6.07, 6.45) is 2.21. The molecule has 0 aromatic rings. The average Bonchev–Trinajstić information content (AvgIpc) is 2.73. The van der Waals surface area contributed by atoms with Crippen LogP contribution in [0.15, 0.2) is 25.3 Å². The molecule has 0 N–H and O–H groups in total. The molecular weight excluding hydrogens is 396 g/mol. The van der Waals surface area contributed by atoms with E-state index in [0.717, 1.165) is 12.2 Å². The molecule has 0 aliphatic carbocycles. The van der Waals surface area contributed by atoms with Crippen molar-refractivity contribution in [2.75, 3.05) is 52.6 Å². The van der Waals surface area contributed by atoms with Gasteiger partial charge in [0, 0.05) is 25.2 Å². The van der Waals surface area contributed by atoms with E-state index < -0.39 is 24.1 Å². The van der Waals surface area contributed by atoms with Gasteiger partial charge in [0.15, 0.2) is 0 Å². The Morgan fingerprint density at radius 3 is 1.33 bits per heavy atom. The number of unbranched alkanes of at least 4 members (excludes halogenated alkanes) is 1. The van der Waals surface area contributed by atoms with Crippen molar-refractivity contribution in [1.82, 2.24) is 9.80 Å². The van der Waals surface area contributed by atoms with Gasteiger partial charge in [-0.1, -0.05) is 13.2 Å². The number of amides is 2. The first-order chi connectivity index (χ1) is 14.4. The summed E-state index contributed by atoms with van der Waals surface area (Å²) in [6.45, 7) is 11.6. The predicted octanol–water partition coefficient (Wildman–Crippen LogP) is 2.14. The van der Waals surface area contributed by atoms with Crippen molar-refractivity contribution in [3.8, 4) is 0 Å². The van der Waals surface area contributed by atoms with Gasteiger partial charge in [-0.3, -0.25) is 0 Å². The molecule has 0 bridgehead atoms. The van der Waals surface area contributed by atoms with E-state index in [1.54, 1.807) is 13.8 Å². The van der Waals surface area contributed by atoms with Gasteiger partial charge in [0.25, 0.3) is 0 Å². The molecule has 0 aliphatic rings. The Morgan fingerprint density at radius 2 is 1.03 bits per heavy atom. The Balaban J connectivity index is 4.57. The van der Waals surface area contributed by atoms with Crippen molar-refractivity contribution >= 4 is 24.1 Å². The van der Waals surface area contributed by atoms with Crippen LogP contribution in [0.25, 0.3) is 0 Å². The first kappa shape index (κ1) is 27.0. The highest BCUT2D eigenvalue weighted by Gasteiger charge is 2.17. The number of nitrogens with zero attached hydrogens (tertiary/aromatic N) is 2. The number of hydrogen-bond donors (Lipinski definition) is 0. The van der Waals surface area contributed by atoms with Gasteiger partial charge in [0.05, 0.1) is 26.3 Å². The summed E-state index contributed by atoms with van der Waals surface area (Å²) in [5.41, 5.74) is 0. The summed E-state index contributed by atoms with van der Waals surface area (Å²) in [6, 6.07) is 0. The minimum atomic E-state index is -0.568. The van der Waals surface area contributed by atoms with E-state index in [9.17, 15) is 19.2 Å². The van der Waals surface area contributed by atoms with Crippen LogP contribution in [0.5, 0.6) is 0 Å². The summed E-state index contributed by atoms with van der Waals surface area (Å²) in [5.74, 6) is -1.14. The Kier molecular flexibility index (Phi) is 15.2. The number of carbonyl (C=O) groups is 4. The monoisotopic (exact) mass is 428 g/mol. The number of carbonyl (C=O) groups excluding carboxylic acids is 4. The predicted molar refractivity (Wildman–Crippen MR) is 109 cm³/mol. The maximum absolute atomic E-state index is 12.0. The molecule has 0 atom stereocenters. The van der Waals surface area contributed by atoms with E-state index in [4.69, 9.17) is 18.9 Å². The number of esters is 2. The topological polar surface area (TPSA) is 112 Å². The van der Waals surface area contributed by atoms with Crippen LogP contribution in [0, 0.1) is 0 Å². The molecule has 0 rings (SSSR count). The van der Waals surface area contributed by atoms with E-state index in [-0.39, 0.29) is 39.5 Å². The largest absolute Gasteiger partial charge is 0.461 e. The minimum Gasteiger partial charge on any atom is -0.461 e. The zero-order valence-corrected chi connectivity index (χ0v) is 17.8. The van der Waals surface area contributed by atoms with Crippen molar-refractivity contribution < 1.29 is 38.1 Å². The lowest BCUT2D eigenvalue weighted by atomic mass is 10.2. The number of hydrogen-bond acceptors (Lipinski definition) is 8. The average molecular weight is 428 g/mol. The highest BCUT2D eigenvalue weighted by molar-refractivity contribution is 5.81. The maximum Gasteiger partial charge on any atom is 0.409 e. The van der Waals surface area contributed by atoms with Gasteiger partial charge in [-0.2, -0.15) is 0 Å². The second-order valence-corrected chi connectivity index (χ2v) is 5.82. The molecule has 0 unspecified atom stereocenters. The van der Waals surface area contributed by atoms with Gasteiger partial charge >= 0.3 is 24.1 Å². The first-order valence-electron chi connectivity index (χ1n) is 9.81. The van der Waals surface area contributed by atoms with Crippen molar-refractivity contribution in [1.29, 1.82) is 0 Å². The lowest BCUT2D eigenvalue weighted by Gasteiger charge is -2.24. The third-order valence-electron chi connectivity index (χ3n) is 3.70. The van der Waals surface area contributed by atoms with Crippen molar-refractivity contribution in [2.45, 2.75) is 26.7 Å². The summed E-state index contributed by atoms with van der Waals surface area (Å²) < 4.78 is 19.8. The molecule has 0 radical (unpaired) electrons. The zero-order valence-electron chi connectivity index (χ0n) is 17.8. The highest BCUT2D eigenvalue weighted by atomic mass is 16.6. The molecular formula is C20H32N2O8. The molecule has 30 heavy (non-hydrogen) atoms. The number of ether oxygens (including phenoxy) is 4. The van der Waals surface area contributed by atoms with Crippen LogP contribution in [-0.4, -0.2) is 86.5 Å². The lowest BCUT2D eigenvalue weighted by Crippen LogP contribution is -2.37. The van der Waals surface area contributed by atoms with E-state index in [1.165, 1.54) is 9.80 Å². The zero-order chi connectivity index (χ0) is 22.8. The molecule has 170 valence electrons. The van der Waals surface area contributed by atoms with Crippen molar-refractivity contribution in [3.63, 3.8) is 0 Å². The molecule has 0 aromatic heterocycles. The fourth-order valence-corrected chi connectivity index (χ4v) is 2.25. The highest BCUT2D eigenvalue weighted by Crippen LogP contribution is 2.04. The van der Waals surface area contributed by atoms with E-state index >= 15 is 0 Å². The smallest absolute Gasteiger partial charge is 0.409 e. The molecule has 2 amide bonds. The van der Waals surface area contributed by atoms with Gasteiger partial charge in [-0.25, -0.2) is 19.2 Å². The molecule has 10 heteroatoms. The molecule has 0 aliphatic heterocycles. The normalized spacial score (nSPS) is 9.80. The quantitative estimate of drug-likeness (QED) is 0.169. The van der Waals surface area contributed by atoms with Gasteiger partial charge in [-0.15, -0.1) is 0 Å². The van der Waals surface area contributed by atoms with Crippen LogP contribution in [0.1, 0.15) is 26.7 Å². The van der Waals surface area contributed by atoms with E-state index in [1.807, 2.05) is 0 Å². The first-order valence-corrected chi connectivity index (χ1v) is 9.81. The van der Waals surface area contributed by atoms with Crippen LogP contribution in [0.3, 0.4) is 0 Å². The van der Waals surface area contributed by atoms with E-state index in [2.05, 4.69) is 13.2 Å². The van der Waals surface area contributed by atoms with Gasteiger partial charge in [0.2, 0.25) is 0 Å². The second-order valence-electron chi connectivity index (χ2n) is 5.82. The molecule has 0 spiro atoms. The molecule has 0 saturated heterocycles.